The van der Waals surface area contributed by atoms with Crippen LogP contribution in [-0.4, -0.2) is 22.8 Å². The van der Waals surface area contributed by atoms with E-state index >= 15 is 0 Å². The summed E-state index contributed by atoms with van der Waals surface area (Å²) in [5, 5.41) is 3.96. The number of carbonyl (C=O) groups is 1. The fourth-order valence-electron chi connectivity index (χ4n) is 1.45. The zero-order chi connectivity index (χ0) is 12.3. The van der Waals surface area contributed by atoms with E-state index in [1.165, 1.54) is 18.3 Å². The van der Waals surface area contributed by atoms with E-state index in [0.717, 1.165) is 5.56 Å². The molecule has 0 aliphatic carbocycles. The highest BCUT2D eigenvalue weighted by Gasteiger charge is 2.12. The van der Waals surface area contributed by atoms with Crippen LogP contribution in [0.15, 0.2) is 35.2 Å². The van der Waals surface area contributed by atoms with Gasteiger partial charge in [0.25, 0.3) is 5.91 Å². The Hall–Kier alpha value is -1.75. The number of hydrogen-bond donors (Lipinski definition) is 0. The van der Waals surface area contributed by atoms with E-state index in [1.54, 1.807) is 23.3 Å². The molecule has 0 saturated carbocycles. The molecule has 0 saturated heterocycles. The van der Waals surface area contributed by atoms with Gasteiger partial charge in [0, 0.05) is 19.8 Å². The Morgan fingerprint density at radius 1 is 1.47 bits per heavy atom. The Morgan fingerprint density at radius 3 is 2.88 bits per heavy atom. The van der Waals surface area contributed by atoms with Crippen molar-refractivity contribution in [1.82, 2.24) is 9.88 Å². The molecule has 3 nitrogen and oxygen atoms in total. The molecule has 88 valence electrons. The van der Waals surface area contributed by atoms with E-state index in [2.05, 4.69) is 4.98 Å². The number of thiophene rings is 1. The summed E-state index contributed by atoms with van der Waals surface area (Å²) in [5.74, 6) is -0.745. The van der Waals surface area contributed by atoms with Crippen molar-refractivity contribution in [2.24, 2.45) is 0 Å². The maximum atomic E-state index is 12.6. The van der Waals surface area contributed by atoms with Gasteiger partial charge in [-0.2, -0.15) is 15.7 Å². The first-order chi connectivity index (χ1) is 8.16. The van der Waals surface area contributed by atoms with E-state index < -0.39 is 5.95 Å². The molecule has 2 rings (SSSR count). The molecule has 2 heterocycles. The van der Waals surface area contributed by atoms with Crippen LogP contribution in [0.1, 0.15) is 15.9 Å². The summed E-state index contributed by atoms with van der Waals surface area (Å²) in [7, 11) is 1.71. The fraction of sp³-hybridized carbons (Fsp3) is 0.167. The Balaban J connectivity index is 2.07. The first-order valence-electron chi connectivity index (χ1n) is 5.05. The van der Waals surface area contributed by atoms with Gasteiger partial charge in [0.05, 0.1) is 5.56 Å². The summed E-state index contributed by atoms with van der Waals surface area (Å²) in [6, 6.07) is 4.60. The molecule has 0 radical (unpaired) electrons. The molecular weight excluding hydrogens is 239 g/mol. The Bertz CT molecular complexity index is 496. The highest BCUT2D eigenvalue weighted by atomic mass is 32.1. The average Bonchev–Trinajstić information content (AvgIpc) is 2.82. The molecule has 0 fully saturated rings. The number of amides is 1. The number of carbonyl (C=O) groups excluding carboxylic acids is 1. The maximum absolute atomic E-state index is 12.6. The summed E-state index contributed by atoms with van der Waals surface area (Å²) in [6.07, 6.45) is 1.25. The third-order valence-electron chi connectivity index (χ3n) is 2.32. The second-order valence-electron chi connectivity index (χ2n) is 3.66. The zero-order valence-corrected chi connectivity index (χ0v) is 10.1. The normalized spacial score (nSPS) is 10.2. The fourth-order valence-corrected chi connectivity index (χ4v) is 2.11. The van der Waals surface area contributed by atoms with Crippen LogP contribution in [-0.2, 0) is 6.54 Å². The highest BCUT2D eigenvalue weighted by Crippen LogP contribution is 2.11. The predicted octanol–water partition coefficient (Wildman–Crippen LogP) is 2.55. The smallest absolute Gasteiger partial charge is 0.255 e. The van der Waals surface area contributed by atoms with Gasteiger partial charge in [-0.25, -0.2) is 4.98 Å². The second-order valence-corrected chi connectivity index (χ2v) is 4.44. The van der Waals surface area contributed by atoms with Crippen LogP contribution in [0.5, 0.6) is 0 Å². The maximum Gasteiger partial charge on any atom is 0.255 e. The molecular formula is C12H11FN2OS. The molecule has 2 aromatic heterocycles. The van der Waals surface area contributed by atoms with Crippen LogP contribution in [0.3, 0.4) is 0 Å². The number of aromatic nitrogens is 1. The van der Waals surface area contributed by atoms with E-state index in [4.69, 9.17) is 0 Å². The summed E-state index contributed by atoms with van der Waals surface area (Å²) >= 11 is 1.59. The first kappa shape index (κ1) is 11.7. The lowest BCUT2D eigenvalue weighted by atomic mass is 10.2. The highest BCUT2D eigenvalue weighted by molar-refractivity contribution is 7.07. The van der Waals surface area contributed by atoms with E-state index in [1.807, 2.05) is 16.8 Å². The van der Waals surface area contributed by atoms with Crippen LogP contribution >= 0.6 is 11.3 Å². The molecule has 1 amide bonds. The molecule has 0 aliphatic heterocycles. The van der Waals surface area contributed by atoms with Gasteiger partial charge >= 0.3 is 0 Å². The number of pyridine rings is 1. The lowest BCUT2D eigenvalue weighted by Crippen LogP contribution is -2.26. The van der Waals surface area contributed by atoms with E-state index in [0.29, 0.717) is 12.1 Å². The van der Waals surface area contributed by atoms with Gasteiger partial charge in [0.15, 0.2) is 0 Å². The summed E-state index contributed by atoms with van der Waals surface area (Å²) in [4.78, 5) is 17.0. The van der Waals surface area contributed by atoms with Crippen molar-refractivity contribution in [3.63, 3.8) is 0 Å². The van der Waals surface area contributed by atoms with Crippen molar-refractivity contribution in [3.05, 3.63) is 52.2 Å². The van der Waals surface area contributed by atoms with Crippen LogP contribution in [0, 0.1) is 5.95 Å². The summed E-state index contributed by atoms with van der Waals surface area (Å²) < 4.78 is 12.6. The topological polar surface area (TPSA) is 33.2 Å². The van der Waals surface area contributed by atoms with Gasteiger partial charge in [0.1, 0.15) is 0 Å². The van der Waals surface area contributed by atoms with E-state index in [9.17, 15) is 9.18 Å². The third kappa shape index (κ3) is 2.88. The predicted molar refractivity (Wildman–Crippen MR) is 64.3 cm³/mol. The van der Waals surface area contributed by atoms with Crippen LogP contribution in [0.2, 0.25) is 0 Å². The summed E-state index contributed by atoms with van der Waals surface area (Å²) in [5.41, 5.74) is 1.48. The lowest BCUT2D eigenvalue weighted by molar-refractivity contribution is 0.0784. The average molecular weight is 250 g/mol. The molecule has 17 heavy (non-hydrogen) atoms. The lowest BCUT2D eigenvalue weighted by Gasteiger charge is -2.16. The minimum absolute atomic E-state index is 0.163. The van der Waals surface area contributed by atoms with Crippen LogP contribution in [0.25, 0.3) is 0 Å². The zero-order valence-electron chi connectivity index (χ0n) is 9.26. The molecule has 2 aromatic rings. The Kier molecular flexibility index (Phi) is 3.49. The first-order valence-corrected chi connectivity index (χ1v) is 5.99. The Labute approximate surface area is 103 Å². The van der Waals surface area contributed by atoms with Crippen molar-refractivity contribution >= 4 is 17.2 Å². The van der Waals surface area contributed by atoms with Crippen LogP contribution in [0.4, 0.5) is 4.39 Å². The van der Waals surface area contributed by atoms with E-state index in [-0.39, 0.29) is 5.91 Å². The molecule has 5 heteroatoms. The molecule has 0 spiro atoms. The minimum atomic E-state index is -0.581. The number of nitrogens with zero attached hydrogens (tertiary/aromatic N) is 2. The monoisotopic (exact) mass is 250 g/mol. The van der Waals surface area contributed by atoms with Gasteiger partial charge in [-0.3, -0.25) is 4.79 Å². The SMILES string of the molecule is CN(Cc1ccsc1)C(=O)c1ccc(F)nc1. The quantitative estimate of drug-likeness (QED) is 0.784. The van der Waals surface area contributed by atoms with Gasteiger partial charge in [-0.1, -0.05) is 0 Å². The second kappa shape index (κ2) is 5.05. The largest absolute Gasteiger partial charge is 0.337 e. The molecule has 0 N–H and O–H groups in total. The van der Waals surface area contributed by atoms with Gasteiger partial charge < -0.3 is 4.90 Å². The van der Waals surface area contributed by atoms with Gasteiger partial charge in [-0.15, -0.1) is 0 Å². The van der Waals surface area contributed by atoms with Crippen LogP contribution < -0.4 is 0 Å². The number of halogens is 1. The molecule has 0 aromatic carbocycles. The summed E-state index contributed by atoms with van der Waals surface area (Å²) in [6.45, 7) is 0.541. The van der Waals surface area contributed by atoms with Crippen molar-refractivity contribution in [3.8, 4) is 0 Å². The van der Waals surface area contributed by atoms with Crippen molar-refractivity contribution in [1.29, 1.82) is 0 Å². The van der Waals surface area contributed by atoms with Crippen molar-refractivity contribution in [2.75, 3.05) is 7.05 Å². The molecule has 0 aliphatic rings. The Morgan fingerprint density at radius 2 is 2.29 bits per heavy atom. The molecule has 0 atom stereocenters. The molecule has 0 unspecified atom stereocenters. The third-order valence-corrected chi connectivity index (χ3v) is 3.05. The number of hydrogen-bond acceptors (Lipinski definition) is 3. The standard InChI is InChI=1S/C12H11FN2OS/c1-15(7-9-4-5-17-8-9)12(16)10-2-3-11(13)14-6-10/h2-6,8H,7H2,1H3. The minimum Gasteiger partial charge on any atom is -0.337 e. The molecule has 0 bridgehead atoms. The van der Waals surface area contributed by atoms with Gasteiger partial charge in [-0.05, 0) is 34.5 Å². The number of rotatable bonds is 3. The van der Waals surface area contributed by atoms with Crippen molar-refractivity contribution in [2.45, 2.75) is 6.54 Å². The van der Waals surface area contributed by atoms with Gasteiger partial charge in [0.2, 0.25) is 5.95 Å². The van der Waals surface area contributed by atoms with Crippen molar-refractivity contribution < 1.29 is 9.18 Å².